The second kappa shape index (κ2) is 11.3. The van der Waals surface area contributed by atoms with E-state index in [1.165, 1.54) is 27.2 Å². The average Bonchev–Trinajstić information content (AvgIpc) is 3.85. The zero-order valence-corrected chi connectivity index (χ0v) is 22.0. The van der Waals surface area contributed by atoms with Gasteiger partial charge in [0.25, 0.3) is 0 Å². The lowest BCUT2D eigenvalue weighted by Gasteiger charge is -2.15. The van der Waals surface area contributed by atoms with Crippen molar-refractivity contribution in [1.29, 1.82) is 0 Å². The van der Waals surface area contributed by atoms with Crippen LogP contribution < -0.4 is 0 Å². The van der Waals surface area contributed by atoms with Gasteiger partial charge in [-0.05, 0) is 74.9 Å². The number of carbonyl (C=O) groups excluding carboxylic acids is 3. The van der Waals surface area contributed by atoms with Gasteiger partial charge in [-0.1, -0.05) is 29.9 Å². The van der Waals surface area contributed by atoms with E-state index in [1.807, 2.05) is 25.1 Å². The van der Waals surface area contributed by atoms with Gasteiger partial charge in [0, 0.05) is 17.9 Å². The number of phenols is 1. The van der Waals surface area contributed by atoms with Gasteiger partial charge in [-0.25, -0.2) is 4.79 Å². The van der Waals surface area contributed by atoms with Crippen LogP contribution in [0, 0.1) is 6.92 Å². The fourth-order valence-corrected chi connectivity index (χ4v) is 4.52. The van der Waals surface area contributed by atoms with Crippen LogP contribution in [-0.2, 0) is 39.5 Å². The van der Waals surface area contributed by atoms with Crippen molar-refractivity contribution in [2.24, 2.45) is 5.16 Å². The Kier molecular flexibility index (Phi) is 8.48. The smallest absolute Gasteiger partial charge is 0.331 e. The first-order valence-electron chi connectivity index (χ1n) is 12.2. The fourth-order valence-electron chi connectivity index (χ4n) is 4.52. The zero-order chi connectivity index (χ0) is 27.7. The van der Waals surface area contributed by atoms with Crippen molar-refractivity contribution in [2.75, 3.05) is 14.2 Å². The lowest BCUT2D eigenvalue weighted by Crippen LogP contribution is -2.22. The number of rotatable bonds is 6. The molecule has 5 rings (SSSR count). The molecule has 1 aromatic heterocycles. The highest BCUT2D eigenvalue weighted by Crippen LogP contribution is 2.50. The van der Waals surface area contributed by atoms with Gasteiger partial charge in [0.15, 0.2) is 5.58 Å². The second-order valence-electron chi connectivity index (χ2n) is 9.62. The first-order valence-corrected chi connectivity index (χ1v) is 12.2. The second-order valence-corrected chi connectivity index (χ2v) is 9.62. The molecule has 2 aliphatic rings. The van der Waals surface area contributed by atoms with Gasteiger partial charge in [0.2, 0.25) is 0 Å². The molecule has 39 heavy (non-hydrogen) atoms. The van der Waals surface area contributed by atoms with Crippen LogP contribution >= 0.6 is 0 Å². The molecular weight excluding hydrogens is 504 g/mol. The zero-order valence-electron chi connectivity index (χ0n) is 22.0. The number of aromatic nitrogens is 1. The minimum atomic E-state index is -0.626. The number of oxime groups is 1. The lowest BCUT2D eigenvalue weighted by atomic mass is 9.93. The van der Waals surface area contributed by atoms with Crippen LogP contribution in [0.1, 0.15) is 69.3 Å². The van der Waals surface area contributed by atoms with E-state index in [2.05, 4.69) is 15.1 Å². The third-order valence-electron chi connectivity index (χ3n) is 7.11. The van der Waals surface area contributed by atoms with Gasteiger partial charge >= 0.3 is 17.9 Å². The molecule has 0 aliphatic heterocycles. The molecule has 2 saturated carbocycles. The summed E-state index contributed by atoms with van der Waals surface area (Å²) in [6.07, 6.45) is 3.14. The van der Waals surface area contributed by atoms with Crippen LogP contribution in [0.5, 0.6) is 5.75 Å². The number of aromatic hydroxyl groups is 1. The van der Waals surface area contributed by atoms with Gasteiger partial charge in [-0.2, -0.15) is 0 Å². The summed E-state index contributed by atoms with van der Waals surface area (Å²) in [6.45, 7) is 4.75. The summed E-state index contributed by atoms with van der Waals surface area (Å²) in [5.41, 5.74) is 3.09. The predicted octanol–water partition coefficient (Wildman–Crippen LogP) is 4.86. The standard InChI is InChI=1S/C15H17NO5.C13H13NO3.CH4/c1-9(16-21-10(2)17)12-8-11(4-5-13(12)18)15(6-7-15)14(19)20-3;1-8-10-7-9(3-4-11(10)17-14-8)13(5-6-13)12(15)16-2;/h4-5,8,18H,6-7H2,1-3H3;3-4,7H,5-6H2,1-2H3;1H4. The first kappa shape index (κ1) is 29.3. The van der Waals surface area contributed by atoms with E-state index in [1.54, 1.807) is 19.1 Å². The highest BCUT2D eigenvalue weighted by atomic mass is 16.7. The van der Waals surface area contributed by atoms with Crippen molar-refractivity contribution in [3.63, 3.8) is 0 Å². The van der Waals surface area contributed by atoms with E-state index >= 15 is 0 Å². The third kappa shape index (κ3) is 5.64. The summed E-state index contributed by atoms with van der Waals surface area (Å²) >= 11 is 0. The monoisotopic (exact) mass is 538 g/mol. The molecule has 1 N–H and O–H groups in total. The average molecular weight is 539 g/mol. The summed E-state index contributed by atoms with van der Waals surface area (Å²) in [5, 5.41) is 18.5. The van der Waals surface area contributed by atoms with Crippen molar-refractivity contribution in [3.8, 4) is 5.75 Å². The molecule has 2 aromatic carbocycles. The number of phenolic OH excluding ortho intramolecular Hbond substituents is 1. The maximum atomic E-state index is 11.9. The summed E-state index contributed by atoms with van der Waals surface area (Å²) < 4.78 is 14.9. The van der Waals surface area contributed by atoms with Crippen LogP contribution in [0.2, 0.25) is 0 Å². The van der Waals surface area contributed by atoms with Crippen LogP contribution in [0.25, 0.3) is 11.0 Å². The number of aryl methyl sites for hydroxylation is 1. The van der Waals surface area contributed by atoms with E-state index in [0.29, 0.717) is 24.1 Å². The van der Waals surface area contributed by atoms with Crippen molar-refractivity contribution in [2.45, 2.75) is 64.7 Å². The number of nitrogens with zero attached hydrogens (tertiary/aromatic N) is 2. The molecule has 0 saturated heterocycles. The van der Waals surface area contributed by atoms with Crippen molar-refractivity contribution >= 4 is 34.6 Å². The largest absolute Gasteiger partial charge is 0.507 e. The number of esters is 2. The Morgan fingerprint density at radius 2 is 1.46 bits per heavy atom. The van der Waals surface area contributed by atoms with Crippen LogP contribution in [0.15, 0.2) is 46.1 Å². The van der Waals surface area contributed by atoms with Gasteiger partial charge in [-0.15, -0.1) is 0 Å². The highest BCUT2D eigenvalue weighted by molar-refractivity contribution is 6.01. The Bertz CT molecular complexity index is 1430. The Morgan fingerprint density at radius 3 is 1.97 bits per heavy atom. The lowest BCUT2D eigenvalue weighted by molar-refractivity contribution is -0.144. The van der Waals surface area contributed by atoms with Gasteiger partial charge in [0.05, 0.1) is 36.5 Å². The Labute approximate surface area is 226 Å². The molecule has 208 valence electrons. The molecule has 0 spiro atoms. The fraction of sp³-hybridized carbons (Fsp3) is 0.414. The summed E-state index contributed by atoms with van der Waals surface area (Å²) in [6, 6.07) is 10.7. The third-order valence-corrected chi connectivity index (χ3v) is 7.11. The number of hydrogen-bond acceptors (Lipinski definition) is 10. The first-order chi connectivity index (χ1) is 18.1. The molecule has 1 heterocycles. The van der Waals surface area contributed by atoms with Gasteiger partial charge < -0.3 is 23.9 Å². The summed E-state index contributed by atoms with van der Waals surface area (Å²) in [7, 11) is 2.79. The Morgan fingerprint density at radius 1 is 0.923 bits per heavy atom. The van der Waals surface area contributed by atoms with E-state index in [-0.39, 0.29) is 25.1 Å². The number of hydrogen-bond donors (Lipinski definition) is 1. The van der Waals surface area contributed by atoms with E-state index in [9.17, 15) is 19.5 Å². The number of methoxy groups -OCH3 is 2. The van der Waals surface area contributed by atoms with Gasteiger partial charge in [0.1, 0.15) is 5.75 Å². The molecule has 0 bridgehead atoms. The SMILES string of the molecule is C.COC(=O)C1(c2ccc(O)c(C(C)=NOC(C)=O)c2)CC1.COC(=O)C1(c2ccc3onc(C)c3c2)CC1. The van der Waals surface area contributed by atoms with Crippen LogP contribution in [0.3, 0.4) is 0 Å². The molecule has 0 radical (unpaired) electrons. The van der Waals surface area contributed by atoms with Crippen molar-refractivity contribution < 1.29 is 38.3 Å². The van der Waals surface area contributed by atoms with Gasteiger partial charge in [-0.3, -0.25) is 9.59 Å². The quantitative estimate of drug-likeness (QED) is 0.202. The molecule has 0 atom stereocenters. The van der Waals surface area contributed by atoms with Crippen molar-refractivity contribution in [1.82, 2.24) is 5.16 Å². The number of carbonyl (C=O) groups is 3. The van der Waals surface area contributed by atoms with E-state index < -0.39 is 16.8 Å². The summed E-state index contributed by atoms with van der Waals surface area (Å²) in [5.74, 6) is -0.967. The molecule has 10 nitrogen and oxygen atoms in total. The predicted molar refractivity (Wildman–Crippen MR) is 143 cm³/mol. The van der Waals surface area contributed by atoms with E-state index in [4.69, 9.17) is 14.0 Å². The topological polar surface area (TPSA) is 138 Å². The molecule has 2 fully saturated rings. The number of ether oxygens (including phenoxy) is 2. The normalized spacial score (nSPS) is 16.2. The molecule has 0 unspecified atom stereocenters. The molecule has 0 amide bonds. The molecule has 2 aliphatic carbocycles. The highest BCUT2D eigenvalue weighted by Gasteiger charge is 2.53. The molecule has 3 aromatic rings. The van der Waals surface area contributed by atoms with Crippen molar-refractivity contribution in [3.05, 3.63) is 58.8 Å². The minimum Gasteiger partial charge on any atom is -0.507 e. The Hall–Kier alpha value is -4.21. The number of fused-ring (bicyclic) bond motifs is 1. The van der Waals surface area contributed by atoms with Crippen LogP contribution in [0.4, 0.5) is 0 Å². The summed E-state index contributed by atoms with van der Waals surface area (Å²) in [4.78, 5) is 39.0. The molecule has 10 heteroatoms. The van der Waals surface area contributed by atoms with E-state index in [0.717, 1.165) is 40.6 Å². The van der Waals surface area contributed by atoms with Crippen LogP contribution in [-0.4, -0.2) is 48.1 Å². The Balaban J connectivity index is 0.000000214. The minimum absolute atomic E-state index is 0. The maximum Gasteiger partial charge on any atom is 0.331 e. The maximum absolute atomic E-state index is 11.9. The molecular formula is C29H34N2O8. The number of benzene rings is 2.